The van der Waals surface area contributed by atoms with Gasteiger partial charge < -0.3 is 10.1 Å². The first-order chi connectivity index (χ1) is 10.4. The summed E-state index contributed by atoms with van der Waals surface area (Å²) in [6.45, 7) is 3.52. The van der Waals surface area contributed by atoms with Crippen molar-refractivity contribution in [3.05, 3.63) is 49.6 Å². The number of carbonyl (C=O) groups is 1. The molecule has 0 bridgehead atoms. The molecular weight excluding hydrogens is 438 g/mol. The lowest BCUT2D eigenvalue weighted by molar-refractivity contribution is -0.122. The highest BCUT2D eigenvalue weighted by Crippen LogP contribution is 2.28. The van der Waals surface area contributed by atoms with Crippen molar-refractivity contribution < 1.29 is 9.53 Å². The number of aromatic nitrogens is 1. The summed E-state index contributed by atoms with van der Waals surface area (Å²) in [6, 6.07) is 8.47. The molecule has 0 unspecified atom stereocenters. The second-order valence-electron chi connectivity index (χ2n) is 4.59. The van der Waals surface area contributed by atoms with Gasteiger partial charge in [0.2, 0.25) is 0 Å². The minimum atomic E-state index is -0.722. The molecule has 1 atom stereocenters. The number of carbonyl (C=O) groups excluding carboxylic acids is 1. The van der Waals surface area contributed by atoms with Crippen molar-refractivity contribution in [1.29, 1.82) is 0 Å². The normalized spacial score (nSPS) is 11.9. The molecule has 0 aliphatic heterocycles. The van der Waals surface area contributed by atoms with Crippen LogP contribution in [0.1, 0.15) is 12.6 Å². The highest BCUT2D eigenvalue weighted by Gasteiger charge is 2.17. The average molecular weight is 451 g/mol. The lowest BCUT2D eigenvalue weighted by Gasteiger charge is -2.15. The summed E-state index contributed by atoms with van der Waals surface area (Å²) in [5.74, 6) is 0.583. The maximum atomic E-state index is 12.1. The van der Waals surface area contributed by atoms with E-state index in [2.05, 4.69) is 32.9 Å². The van der Waals surface area contributed by atoms with Crippen LogP contribution in [0.4, 0.5) is 5.82 Å². The molecule has 1 N–H and O–H groups in total. The van der Waals surface area contributed by atoms with E-state index in [9.17, 15) is 4.79 Å². The van der Waals surface area contributed by atoms with Crippen LogP contribution in [0.2, 0.25) is 10.0 Å². The van der Waals surface area contributed by atoms with Crippen LogP contribution >= 0.6 is 45.8 Å². The Morgan fingerprint density at radius 2 is 2.05 bits per heavy atom. The van der Waals surface area contributed by atoms with Gasteiger partial charge in [0, 0.05) is 8.59 Å². The summed E-state index contributed by atoms with van der Waals surface area (Å²) in [6.07, 6.45) is -0.722. The predicted octanol–water partition coefficient (Wildman–Crippen LogP) is 4.71. The third-order valence-electron chi connectivity index (χ3n) is 2.84. The number of hydrogen-bond acceptors (Lipinski definition) is 3. The lowest BCUT2D eigenvalue weighted by atomic mass is 10.3. The maximum absolute atomic E-state index is 12.1. The first-order valence-corrected chi connectivity index (χ1v) is 8.26. The number of ether oxygens (including phenoxy) is 1. The highest BCUT2D eigenvalue weighted by atomic mass is 127. The third kappa shape index (κ3) is 4.47. The van der Waals surface area contributed by atoms with Crippen LogP contribution in [-0.4, -0.2) is 17.0 Å². The number of pyridine rings is 1. The summed E-state index contributed by atoms with van der Waals surface area (Å²) in [5, 5.41) is 3.58. The van der Waals surface area contributed by atoms with Gasteiger partial charge in [0.05, 0.1) is 10.7 Å². The van der Waals surface area contributed by atoms with Gasteiger partial charge in [-0.2, -0.15) is 0 Å². The largest absolute Gasteiger partial charge is 0.479 e. The van der Waals surface area contributed by atoms with Crippen molar-refractivity contribution in [3.8, 4) is 5.75 Å². The zero-order valence-corrected chi connectivity index (χ0v) is 15.5. The summed E-state index contributed by atoms with van der Waals surface area (Å²) in [5.41, 5.74) is 0.854. The van der Waals surface area contributed by atoms with Gasteiger partial charge in [0.15, 0.2) is 6.10 Å². The number of nitrogens with zero attached hydrogens (tertiary/aromatic N) is 1. The fourth-order valence-corrected chi connectivity index (χ4v) is 2.41. The third-order valence-corrected chi connectivity index (χ3v) is 4.51. The van der Waals surface area contributed by atoms with E-state index in [1.807, 2.05) is 13.0 Å². The Morgan fingerprint density at radius 3 is 2.68 bits per heavy atom. The smallest absolute Gasteiger partial charge is 0.266 e. The Hall–Kier alpha value is -1.05. The Balaban J connectivity index is 2.04. The van der Waals surface area contributed by atoms with Gasteiger partial charge >= 0.3 is 0 Å². The standard InChI is InChI=1S/C15H13Cl2IN2O2/c1-8-12(18)4-6-14(19-8)20-15(21)9(2)22-13-5-3-10(16)7-11(13)17/h3-7,9H,1-2H3,(H,19,20,21)/t9-/m0/s1. The molecule has 0 saturated heterocycles. The van der Waals surface area contributed by atoms with Gasteiger partial charge in [0.25, 0.3) is 5.91 Å². The van der Waals surface area contributed by atoms with E-state index in [0.29, 0.717) is 21.6 Å². The van der Waals surface area contributed by atoms with Crippen molar-refractivity contribution in [2.75, 3.05) is 5.32 Å². The molecule has 0 fully saturated rings. The molecule has 7 heteroatoms. The van der Waals surface area contributed by atoms with Gasteiger partial charge in [-0.15, -0.1) is 0 Å². The van der Waals surface area contributed by atoms with Gasteiger partial charge in [-0.3, -0.25) is 4.79 Å². The van der Waals surface area contributed by atoms with Crippen LogP contribution in [-0.2, 0) is 4.79 Å². The number of halogens is 3. The second-order valence-corrected chi connectivity index (χ2v) is 6.59. The van der Waals surface area contributed by atoms with Crippen LogP contribution in [0, 0.1) is 10.5 Å². The Labute approximate surface area is 152 Å². The number of nitrogens with one attached hydrogen (secondary N) is 1. The molecule has 4 nitrogen and oxygen atoms in total. The molecule has 0 radical (unpaired) electrons. The molecular formula is C15H13Cl2IN2O2. The quantitative estimate of drug-likeness (QED) is 0.686. The van der Waals surface area contributed by atoms with Crippen molar-refractivity contribution in [2.24, 2.45) is 0 Å². The number of anilines is 1. The first-order valence-electron chi connectivity index (χ1n) is 6.42. The summed E-state index contributed by atoms with van der Waals surface area (Å²) in [7, 11) is 0. The molecule has 1 aromatic heterocycles. The zero-order chi connectivity index (χ0) is 16.3. The first kappa shape index (κ1) is 17.3. The van der Waals surface area contributed by atoms with Crippen molar-refractivity contribution in [1.82, 2.24) is 4.98 Å². The molecule has 116 valence electrons. The van der Waals surface area contributed by atoms with E-state index >= 15 is 0 Å². The van der Waals surface area contributed by atoms with E-state index in [-0.39, 0.29) is 5.91 Å². The SMILES string of the molecule is Cc1nc(NC(=O)[C@H](C)Oc2ccc(Cl)cc2Cl)ccc1I. The average Bonchev–Trinajstić information content (AvgIpc) is 2.45. The molecule has 0 aliphatic rings. The Morgan fingerprint density at radius 1 is 1.32 bits per heavy atom. The summed E-state index contributed by atoms with van der Waals surface area (Å²) < 4.78 is 6.59. The van der Waals surface area contributed by atoms with E-state index in [1.54, 1.807) is 31.2 Å². The minimum Gasteiger partial charge on any atom is -0.479 e. The molecule has 1 amide bonds. The lowest BCUT2D eigenvalue weighted by Crippen LogP contribution is -2.30. The fraction of sp³-hybridized carbons (Fsp3) is 0.200. The molecule has 0 spiro atoms. The van der Waals surface area contributed by atoms with E-state index < -0.39 is 6.10 Å². The molecule has 22 heavy (non-hydrogen) atoms. The summed E-state index contributed by atoms with van der Waals surface area (Å²) in [4.78, 5) is 16.4. The topological polar surface area (TPSA) is 51.2 Å². The Kier molecular flexibility index (Phi) is 5.88. The number of amides is 1. The van der Waals surface area contributed by atoms with E-state index in [4.69, 9.17) is 27.9 Å². The molecule has 0 saturated carbocycles. The van der Waals surface area contributed by atoms with E-state index in [1.165, 1.54) is 0 Å². The second kappa shape index (κ2) is 7.48. The van der Waals surface area contributed by atoms with Gasteiger partial charge in [-0.1, -0.05) is 23.2 Å². The monoisotopic (exact) mass is 450 g/mol. The predicted molar refractivity (Wildman–Crippen MR) is 96.9 cm³/mol. The maximum Gasteiger partial charge on any atom is 0.266 e. The molecule has 2 rings (SSSR count). The molecule has 0 aliphatic carbocycles. The number of hydrogen-bond donors (Lipinski definition) is 1. The van der Waals surface area contributed by atoms with Crippen molar-refractivity contribution >= 4 is 57.5 Å². The van der Waals surface area contributed by atoms with Crippen LogP contribution < -0.4 is 10.1 Å². The summed E-state index contributed by atoms with van der Waals surface area (Å²) >= 11 is 14.0. The fourth-order valence-electron chi connectivity index (χ4n) is 1.66. The number of aryl methyl sites for hydroxylation is 1. The Bertz CT molecular complexity index is 710. The van der Waals surface area contributed by atoms with Crippen LogP contribution in [0.15, 0.2) is 30.3 Å². The molecule has 2 aromatic rings. The van der Waals surface area contributed by atoms with Gasteiger partial charge in [0.1, 0.15) is 11.6 Å². The zero-order valence-electron chi connectivity index (χ0n) is 11.9. The van der Waals surface area contributed by atoms with Crippen LogP contribution in [0.3, 0.4) is 0 Å². The van der Waals surface area contributed by atoms with E-state index in [0.717, 1.165) is 9.26 Å². The molecule has 1 heterocycles. The van der Waals surface area contributed by atoms with Crippen LogP contribution in [0.25, 0.3) is 0 Å². The van der Waals surface area contributed by atoms with Crippen LogP contribution in [0.5, 0.6) is 5.75 Å². The minimum absolute atomic E-state index is 0.306. The highest BCUT2D eigenvalue weighted by molar-refractivity contribution is 14.1. The van der Waals surface area contributed by atoms with Gasteiger partial charge in [-0.25, -0.2) is 4.98 Å². The number of benzene rings is 1. The molecule has 1 aromatic carbocycles. The van der Waals surface area contributed by atoms with Crippen molar-refractivity contribution in [3.63, 3.8) is 0 Å². The van der Waals surface area contributed by atoms with Gasteiger partial charge in [-0.05, 0) is 66.8 Å². The van der Waals surface area contributed by atoms with Crippen molar-refractivity contribution in [2.45, 2.75) is 20.0 Å². The number of rotatable bonds is 4.